The molecule has 218 valence electrons. The average Bonchev–Trinajstić information content (AvgIpc) is 2.99. The molecule has 8 rings (SSSR count). The Morgan fingerprint density at radius 1 is 0.605 bits per heavy atom. The lowest BCUT2D eigenvalue weighted by Crippen LogP contribution is -2.60. The maximum Gasteiger partial charge on any atom is 0.256 e. The number of para-hydroxylation sites is 1. The fraction of sp³-hybridized carbons (Fsp3) is 0.400. The van der Waals surface area contributed by atoms with Crippen LogP contribution in [0.15, 0.2) is 72.7 Å². The highest BCUT2D eigenvalue weighted by Gasteiger charge is 2.46. The summed E-state index contributed by atoms with van der Waals surface area (Å²) in [5.74, 6) is 1.39. The van der Waals surface area contributed by atoms with Gasteiger partial charge in [-0.05, 0) is 122 Å². The summed E-state index contributed by atoms with van der Waals surface area (Å²) >= 11 is 0. The third-order valence-electron chi connectivity index (χ3n) is 11.5. The highest BCUT2D eigenvalue weighted by Crippen LogP contribution is 2.51. The second-order valence-electron chi connectivity index (χ2n) is 16.2. The molecule has 4 aromatic rings. The summed E-state index contributed by atoms with van der Waals surface area (Å²) in [6, 6.07) is 22.6. The molecule has 2 aliphatic carbocycles. The summed E-state index contributed by atoms with van der Waals surface area (Å²) in [4.78, 5) is 2.35. The van der Waals surface area contributed by atoms with Crippen LogP contribution in [0.2, 0.25) is 0 Å². The van der Waals surface area contributed by atoms with E-state index in [-0.39, 0.29) is 34.4 Å². The number of hydrogen-bond donors (Lipinski definition) is 0. The summed E-state index contributed by atoms with van der Waals surface area (Å²) in [7, 11) is 0. The van der Waals surface area contributed by atoms with Crippen LogP contribution in [0, 0.1) is 0 Å². The number of fused-ring (bicyclic) bond motifs is 6. The van der Waals surface area contributed by atoms with Gasteiger partial charge < -0.3 is 9.64 Å². The fourth-order valence-electron chi connectivity index (χ4n) is 8.52. The van der Waals surface area contributed by atoms with Crippen molar-refractivity contribution >= 4 is 40.2 Å². The molecule has 2 nitrogen and oxygen atoms in total. The van der Waals surface area contributed by atoms with Gasteiger partial charge in [0.05, 0.1) is 2.74 Å². The van der Waals surface area contributed by atoms with E-state index >= 15 is 0 Å². The molecule has 2 aliphatic heterocycles. The first kappa shape index (κ1) is 24.9. The van der Waals surface area contributed by atoms with E-state index in [1.54, 1.807) is 6.07 Å². The number of anilines is 3. The molecule has 4 aliphatic rings. The molecule has 0 amide bonds. The van der Waals surface area contributed by atoms with Crippen LogP contribution in [0.25, 0.3) is 0 Å². The van der Waals surface area contributed by atoms with Crippen molar-refractivity contribution in [2.45, 2.75) is 103 Å². The Hall–Kier alpha value is -3.46. The summed E-state index contributed by atoms with van der Waals surface area (Å²) in [6.45, 7) is 19.0. The van der Waals surface area contributed by atoms with Gasteiger partial charge in [-0.2, -0.15) is 0 Å². The normalized spacial score (nSPS) is 21.7. The molecule has 0 N–H and O–H groups in total. The highest BCUT2D eigenvalue weighted by molar-refractivity contribution is 6.99. The zero-order valence-corrected chi connectivity index (χ0v) is 27.0. The van der Waals surface area contributed by atoms with Crippen LogP contribution >= 0.6 is 0 Å². The SMILES string of the molecule is [2H]c1cc([2H])c2c3c1Oc1ccccc1B3c1cc3c(cc1N2c1ccc2c(c1)C(C)(C)CCC2(C)C)C(C)(C)CCC3(C)C. The molecular weight excluding hydrogens is 521 g/mol. The van der Waals surface area contributed by atoms with Gasteiger partial charge in [-0.25, -0.2) is 0 Å². The van der Waals surface area contributed by atoms with Crippen LogP contribution in [-0.2, 0) is 21.7 Å². The molecule has 2 heterocycles. The average molecular weight is 568 g/mol. The van der Waals surface area contributed by atoms with Crippen molar-refractivity contribution in [1.29, 1.82) is 0 Å². The second-order valence-corrected chi connectivity index (χ2v) is 16.2. The lowest BCUT2D eigenvalue weighted by Gasteiger charge is -2.46. The van der Waals surface area contributed by atoms with Crippen molar-refractivity contribution in [3.63, 3.8) is 0 Å². The van der Waals surface area contributed by atoms with Crippen LogP contribution in [0.1, 0.15) is 106 Å². The molecule has 0 unspecified atom stereocenters. The van der Waals surface area contributed by atoms with Gasteiger partial charge in [0.25, 0.3) is 6.71 Å². The molecule has 4 aromatic carbocycles. The molecule has 0 atom stereocenters. The topological polar surface area (TPSA) is 12.5 Å². The molecule has 0 spiro atoms. The van der Waals surface area contributed by atoms with Gasteiger partial charge in [0.2, 0.25) is 0 Å². The molecule has 3 heteroatoms. The van der Waals surface area contributed by atoms with E-state index < -0.39 is 0 Å². The molecule has 0 radical (unpaired) electrons. The summed E-state index contributed by atoms with van der Waals surface area (Å²) in [5.41, 5.74) is 12.3. The van der Waals surface area contributed by atoms with E-state index in [0.717, 1.165) is 53.0 Å². The number of hydrogen-bond acceptors (Lipinski definition) is 2. The Morgan fingerprint density at radius 2 is 1.21 bits per heavy atom. The first-order chi connectivity index (χ1) is 21.1. The predicted octanol–water partition coefficient (Wildman–Crippen LogP) is 8.79. The lowest BCUT2D eigenvalue weighted by atomic mass is 9.33. The molecule has 0 bridgehead atoms. The minimum absolute atomic E-state index is 0.0429. The Labute approximate surface area is 261 Å². The van der Waals surface area contributed by atoms with Crippen LogP contribution in [0.3, 0.4) is 0 Å². The molecule has 0 fully saturated rings. The number of nitrogens with zero attached hydrogens (tertiary/aromatic N) is 1. The van der Waals surface area contributed by atoms with Gasteiger partial charge in [0, 0.05) is 17.1 Å². The zero-order chi connectivity index (χ0) is 31.8. The van der Waals surface area contributed by atoms with Crippen LogP contribution in [0.5, 0.6) is 11.5 Å². The van der Waals surface area contributed by atoms with Gasteiger partial charge in [0.1, 0.15) is 11.5 Å². The minimum Gasteiger partial charge on any atom is -0.458 e. The largest absolute Gasteiger partial charge is 0.458 e. The van der Waals surface area contributed by atoms with Crippen molar-refractivity contribution in [3.05, 3.63) is 95.0 Å². The third-order valence-corrected chi connectivity index (χ3v) is 11.5. The lowest BCUT2D eigenvalue weighted by molar-refractivity contribution is 0.332. The van der Waals surface area contributed by atoms with Gasteiger partial charge in [0.15, 0.2) is 0 Å². The monoisotopic (exact) mass is 567 g/mol. The molecule has 0 saturated heterocycles. The Bertz CT molecular complexity index is 1940. The predicted molar refractivity (Wildman–Crippen MR) is 183 cm³/mol. The Balaban J connectivity index is 1.49. The van der Waals surface area contributed by atoms with Crippen molar-refractivity contribution in [2.75, 3.05) is 4.90 Å². The van der Waals surface area contributed by atoms with Crippen molar-refractivity contribution in [1.82, 2.24) is 0 Å². The van der Waals surface area contributed by atoms with E-state index in [0.29, 0.717) is 11.8 Å². The maximum atomic E-state index is 9.42. The number of rotatable bonds is 1. The summed E-state index contributed by atoms with van der Waals surface area (Å²) in [5, 5.41) is 0. The van der Waals surface area contributed by atoms with Crippen LogP contribution in [-0.4, -0.2) is 6.71 Å². The van der Waals surface area contributed by atoms with Crippen molar-refractivity contribution < 1.29 is 7.48 Å². The van der Waals surface area contributed by atoms with Crippen molar-refractivity contribution in [3.8, 4) is 11.5 Å². The fourth-order valence-corrected chi connectivity index (χ4v) is 8.52. The van der Waals surface area contributed by atoms with Gasteiger partial charge >= 0.3 is 0 Å². The standard InChI is InChI=1S/C40H44BNO/c1-37(2)18-19-38(3,4)27-22-25(16-17-26(27)37)42-32-13-11-15-35-36(32)41(30-12-9-10-14-34(30)43-35)31-23-28-29(24-33(31)42)40(7,8)21-20-39(28,5)6/h9-17,22-24H,18-21H2,1-8H3/i13D,15D. The van der Waals surface area contributed by atoms with E-state index in [2.05, 4.69) is 103 Å². The Morgan fingerprint density at radius 3 is 1.91 bits per heavy atom. The van der Waals surface area contributed by atoms with E-state index in [4.69, 9.17) is 6.11 Å². The molecule has 0 aromatic heterocycles. The van der Waals surface area contributed by atoms with Crippen LogP contribution in [0.4, 0.5) is 17.1 Å². The number of ether oxygens (including phenoxy) is 1. The maximum absolute atomic E-state index is 9.42. The number of benzene rings is 4. The van der Waals surface area contributed by atoms with Gasteiger partial charge in [-0.15, -0.1) is 0 Å². The first-order valence-electron chi connectivity index (χ1n) is 17.2. The molecular formula is C40H44BNO. The van der Waals surface area contributed by atoms with Crippen LogP contribution < -0.4 is 26.0 Å². The minimum atomic E-state index is -0.111. The van der Waals surface area contributed by atoms with E-state index in [1.807, 2.05) is 12.1 Å². The smallest absolute Gasteiger partial charge is 0.256 e. The van der Waals surface area contributed by atoms with Gasteiger partial charge in [-0.1, -0.05) is 91.8 Å². The summed E-state index contributed by atoms with van der Waals surface area (Å²) in [6.07, 6.45) is 4.60. The van der Waals surface area contributed by atoms with Crippen molar-refractivity contribution in [2.24, 2.45) is 0 Å². The third kappa shape index (κ3) is 3.79. The quantitative estimate of drug-likeness (QED) is 0.184. The molecule has 43 heavy (non-hydrogen) atoms. The Kier molecular flexibility index (Phi) is 4.98. The van der Waals surface area contributed by atoms with Gasteiger partial charge in [-0.3, -0.25) is 0 Å². The molecule has 0 saturated carbocycles. The highest BCUT2D eigenvalue weighted by atomic mass is 16.5. The van der Waals surface area contributed by atoms with E-state index in [1.165, 1.54) is 34.1 Å². The first-order valence-corrected chi connectivity index (χ1v) is 16.2. The second kappa shape index (κ2) is 8.59. The van der Waals surface area contributed by atoms with E-state index in [9.17, 15) is 1.37 Å². The summed E-state index contributed by atoms with van der Waals surface area (Å²) < 4.78 is 25.0. The zero-order valence-electron chi connectivity index (χ0n) is 29.0.